The Kier molecular flexibility index (Phi) is 8.23. The van der Waals surface area contributed by atoms with Crippen LogP contribution in [0, 0.1) is 0 Å². The molecule has 1 aliphatic rings. The number of carbonyl (C=O) groups is 3. The topological polar surface area (TPSA) is 76.2 Å². The third kappa shape index (κ3) is 5.66. The molecule has 0 bridgehead atoms. The van der Waals surface area contributed by atoms with Gasteiger partial charge in [0.15, 0.2) is 6.61 Å². The molecule has 7 nitrogen and oxygen atoms in total. The second kappa shape index (κ2) is 11.7. The van der Waals surface area contributed by atoms with E-state index in [2.05, 4.69) is 0 Å². The first-order chi connectivity index (χ1) is 17.9. The van der Waals surface area contributed by atoms with Gasteiger partial charge in [0.25, 0.3) is 5.91 Å². The Balaban J connectivity index is 1.61. The van der Waals surface area contributed by atoms with Gasteiger partial charge >= 0.3 is 5.97 Å². The molecular formula is C30H32N2O5. The molecule has 4 rings (SSSR count). The zero-order valence-corrected chi connectivity index (χ0v) is 21.4. The molecule has 3 aromatic carbocycles. The first kappa shape index (κ1) is 25.9. The van der Waals surface area contributed by atoms with E-state index in [1.807, 2.05) is 73.3 Å². The SMILES string of the molecule is CCOC(=O)COc1ccc(C(=O)N2c3ccccc3[C@@H](N(C(=O)CC)c3ccccc3)C[C@H]2C)cc1. The number of hydrogen-bond acceptors (Lipinski definition) is 5. The number of nitrogens with zero attached hydrogens (tertiary/aromatic N) is 2. The van der Waals surface area contributed by atoms with E-state index in [0.717, 1.165) is 16.9 Å². The summed E-state index contributed by atoms with van der Waals surface area (Å²) >= 11 is 0. The Morgan fingerprint density at radius 2 is 1.59 bits per heavy atom. The lowest BCUT2D eigenvalue weighted by Crippen LogP contribution is -2.47. The maximum Gasteiger partial charge on any atom is 0.344 e. The van der Waals surface area contributed by atoms with Gasteiger partial charge in [-0.05, 0) is 68.3 Å². The standard InChI is InChI=1S/C30H32N2O5/c1-4-28(33)32(23-11-7-6-8-12-23)27-19-21(3)31(26-14-10-9-13-25(26)27)30(35)22-15-17-24(18-16-22)37-20-29(34)36-5-2/h6-18,21,27H,4-5,19-20H2,1-3H3/t21-,27+/m1/s1. The van der Waals surface area contributed by atoms with Crippen LogP contribution in [0.5, 0.6) is 5.75 Å². The van der Waals surface area contributed by atoms with Crippen molar-refractivity contribution in [2.24, 2.45) is 0 Å². The minimum atomic E-state index is -0.443. The molecule has 0 fully saturated rings. The first-order valence-corrected chi connectivity index (χ1v) is 12.6. The Morgan fingerprint density at radius 1 is 0.919 bits per heavy atom. The maximum absolute atomic E-state index is 13.7. The van der Waals surface area contributed by atoms with E-state index < -0.39 is 5.97 Å². The van der Waals surface area contributed by atoms with Gasteiger partial charge in [-0.25, -0.2) is 4.79 Å². The highest BCUT2D eigenvalue weighted by molar-refractivity contribution is 6.07. The fourth-order valence-electron chi connectivity index (χ4n) is 4.77. The Bertz CT molecular complexity index is 1240. The van der Waals surface area contributed by atoms with Crippen LogP contribution in [-0.4, -0.2) is 37.0 Å². The largest absolute Gasteiger partial charge is 0.482 e. The number of ether oxygens (including phenoxy) is 2. The zero-order valence-electron chi connectivity index (χ0n) is 21.4. The number of rotatable bonds is 8. The van der Waals surface area contributed by atoms with Crippen LogP contribution in [0.1, 0.15) is 55.6 Å². The highest BCUT2D eigenvalue weighted by Crippen LogP contribution is 2.43. The Hall–Kier alpha value is -4.13. The van der Waals surface area contributed by atoms with E-state index in [9.17, 15) is 14.4 Å². The lowest BCUT2D eigenvalue weighted by Gasteiger charge is -2.43. The Morgan fingerprint density at radius 3 is 2.27 bits per heavy atom. The van der Waals surface area contributed by atoms with Crippen LogP contribution >= 0.6 is 0 Å². The molecule has 2 amide bonds. The molecule has 1 heterocycles. The normalized spacial score (nSPS) is 16.5. The van der Waals surface area contributed by atoms with Crippen LogP contribution in [0.25, 0.3) is 0 Å². The molecule has 192 valence electrons. The predicted octanol–water partition coefficient (Wildman–Crippen LogP) is 5.55. The molecule has 0 saturated heterocycles. The van der Waals surface area contributed by atoms with Gasteiger partial charge in [-0.3, -0.25) is 9.59 Å². The smallest absolute Gasteiger partial charge is 0.344 e. The second-order valence-electron chi connectivity index (χ2n) is 8.91. The summed E-state index contributed by atoms with van der Waals surface area (Å²) in [4.78, 5) is 42.1. The number of para-hydroxylation sites is 2. The van der Waals surface area contributed by atoms with Crippen LogP contribution < -0.4 is 14.5 Å². The van der Waals surface area contributed by atoms with Crippen molar-refractivity contribution >= 4 is 29.2 Å². The average molecular weight is 501 g/mol. The fraction of sp³-hybridized carbons (Fsp3) is 0.300. The number of esters is 1. The molecule has 0 aromatic heterocycles. The molecule has 0 aliphatic carbocycles. The molecule has 0 spiro atoms. The van der Waals surface area contributed by atoms with Crippen LogP contribution in [-0.2, 0) is 14.3 Å². The van der Waals surface area contributed by atoms with E-state index in [-0.39, 0.29) is 30.5 Å². The number of carbonyl (C=O) groups excluding carboxylic acids is 3. The van der Waals surface area contributed by atoms with Gasteiger partial charge in [0.1, 0.15) is 5.75 Å². The van der Waals surface area contributed by atoms with E-state index in [1.54, 1.807) is 36.1 Å². The van der Waals surface area contributed by atoms with Gasteiger partial charge in [-0.1, -0.05) is 43.3 Å². The number of fused-ring (bicyclic) bond motifs is 1. The third-order valence-corrected chi connectivity index (χ3v) is 6.46. The molecule has 37 heavy (non-hydrogen) atoms. The summed E-state index contributed by atoms with van der Waals surface area (Å²) in [5.74, 6) is -0.0600. The van der Waals surface area contributed by atoms with Crippen molar-refractivity contribution < 1.29 is 23.9 Å². The second-order valence-corrected chi connectivity index (χ2v) is 8.91. The fourth-order valence-corrected chi connectivity index (χ4v) is 4.77. The lowest BCUT2D eigenvalue weighted by molar-refractivity contribution is -0.145. The quantitative estimate of drug-likeness (QED) is 0.379. The summed E-state index contributed by atoms with van der Waals surface area (Å²) in [6, 6.07) is 23.9. The summed E-state index contributed by atoms with van der Waals surface area (Å²) in [6.45, 7) is 5.72. The number of hydrogen-bond donors (Lipinski definition) is 0. The van der Waals surface area contributed by atoms with E-state index in [1.165, 1.54) is 0 Å². The van der Waals surface area contributed by atoms with Crippen LogP contribution in [0.2, 0.25) is 0 Å². The minimum Gasteiger partial charge on any atom is -0.482 e. The third-order valence-electron chi connectivity index (χ3n) is 6.46. The molecule has 2 atom stereocenters. The van der Waals surface area contributed by atoms with Gasteiger partial charge in [-0.2, -0.15) is 0 Å². The van der Waals surface area contributed by atoms with E-state index in [4.69, 9.17) is 9.47 Å². The van der Waals surface area contributed by atoms with Gasteiger partial charge in [-0.15, -0.1) is 0 Å². The average Bonchev–Trinajstić information content (AvgIpc) is 2.92. The van der Waals surface area contributed by atoms with Crippen molar-refractivity contribution in [1.29, 1.82) is 0 Å². The molecule has 0 unspecified atom stereocenters. The monoisotopic (exact) mass is 500 g/mol. The summed E-state index contributed by atoms with van der Waals surface area (Å²) < 4.78 is 10.3. The van der Waals surface area contributed by atoms with Crippen LogP contribution in [0.15, 0.2) is 78.9 Å². The van der Waals surface area contributed by atoms with Crippen molar-refractivity contribution in [3.8, 4) is 5.75 Å². The molecule has 1 aliphatic heterocycles. The predicted molar refractivity (Wildman–Crippen MR) is 143 cm³/mol. The zero-order chi connectivity index (χ0) is 26.4. The minimum absolute atomic E-state index is 0.0383. The van der Waals surface area contributed by atoms with Crippen LogP contribution in [0.3, 0.4) is 0 Å². The number of amides is 2. The van der Waals surface area contributed by atoms with E-state index in [0.29, 0.717) is 30.8 Å². The van der Waals surface area contributed by atoms with Crippen LogP contribution in [0.4, 0.5) is 11.4 Å². The molecule has 7 heteroatoms. The first-order valence-electron chi connectivity index (χ1n) is 12.6. The summed E-state index contributed by atoms with van der Waals surface area (Å²) in [6.07, 6.45) is 0.985. The summed E-state index contributed by atoms with van der Waals surface area (Å²) in [7, 11) is 0. The van der Waals surface area contributed by atoms with Gasteiger partial charge in [0.2, 0.25) is 5.91 Å². The van der Waals surface area contributed by atoms with Gasteiger partial charge in [0, 0.05) is 29.4 Å². The highest BCUT2D eigenvalue weighted by Gasteiger charge is 2.38. The van der Waals surface area contributed by atoms with Gasteiger partial charge in [0.05, 0.1) is 12.6 Å². The number of anilines is 2. The summed E-state index contributed by atoms with van der Waals surface area (Å²) in [5, 5.41) is 0. The van der Waals surface area contributed by atoms with Crippen molar-refractivity contribution in [2.75, 3.05) is 23.0 Å². The summed E-state index contributed by atoms with van der Waals surface area (Å²) in [5.41, 5.74) is 3.09. The lowest BCUT2D eigenvalue weighted by atomic mass is 9.89. The van der Waals surface area contributed by atoms with Crippen molar-refractivity contribution in [1.82, 2.24) is 0 Å². The van der Waals surface area contributed by atoms with Gasteiger partial charge < -0.3 is 19.3 Å². The molecule has 0 radical (unpaired) electrons. The number of benzene rings is 3. The van der Waals surface area contributed by atoms with Crippen molar-refractivity contribution in [3.05, 3.63) is 90.0 Å². The van der Waals surface area contributed by atoms with Crippen molar-refractivity contribution in [2.45, 2.75) is 45.7 Å². The Labute approximate surface area is 217 Å². The molecule has 0 N–H and O–H groups in total. The maximum atomic E-state index is 13.7. The van der Waals surface area contributed by atoms with E-state index >= 15 is 0 Å². The molecular weight excluding hydrogens is 468 g/mol. The van der Waals surface area contributed by atoms with Crippen molar-refractivity contribution in [3.63, 3.8) is 0 Å². The molecule has 3 aromatic rings. The highest BCUT2D eigenvalue weighted by atomic mass is 16.6. The molecule has 0 saturated carbocycles.